The van der Waals surface area contributed by atoms with Gasteiger partial charge in [-0.2, -0.15) is 0 Å². The largest absolute Gasteiger partial charge is 0.508 e. The molecule has 1 spiro atoms. The number of hydrogen-bond donors (Lipinski definition) is 9. The van der Waals surface area contributed by atoms with Crippen LogP contribution in [0.1, 0.15) is 84.7 Å². The normalized spacial score (nSPS) is 23.8. The fraction of sp³-hybridized carbons (Fsp3) is 0.404. The molecule has 0 unspecified atom stereocenters. The smallest absolute Gasteiger partial charge is 0.200 e. The van der Waals surface area contributed by atoms with Crippen molar-refractivity contribution in [3.05, 3.63) is 124 Å². The number of Topliss-reactive ketones (excluding diaryl/α,β-unsaturated/α-hetero) is 1. The maximum Gasteiger partial charge on any atom is 0.200 e. The Kier molecular flexibility index (Phi) is 12.3. The number of ether oxygens (including phenoxy) is 2. The Morgan fingerprint density at radius 3 is 2.70 bits per heavy atom. The van der Waals surface area contributed by atoms with E-state index in [-0.39, 0.29) is 52.8 Å². The third kappa shape index (κ3) is 8.13. The molecule has 9 rings (SSSR count). The number of methoxy groups -OCH3 is 1. The van der Waals surface area contributed by atoms with Gasteiger partial charge in [0, 0.05) is 48.1 Å². The Bertz CT molecular complexity index is 2590. The van der Waals surface area contributed by atoms with E-state index in [9.17, 15) is 25.5 Å². The molecular formula is C52H60N4O8. The van der Waals surface area contributed by atoms with Crippen molar-refractivity contribution in [1.29, 1.82) is 0 Å². The van der Waals surface area contributed by atoms with E-state index in [4.69, 9.17) is 9.47 Å². The molecule has 2 bridgehead atoms. The summed E-state index contributed by atoms with van der Waals surface area (Å²) in [4.78, 5) is 19.5. The summed E-state index contributed by atoms with van der Waals surface area (Å²) in [6.45, 7) is 1.59. The number of benzene rings is 4. The summed E-state index contributed by atoms with van der Waals surface area (Å²) in [7, 11) is 3.34. The van der Waals surface area contributed by atoms with E-state index in [2.05, 4.69) is 45.2 Å². The second-order valence-electron chi connectivity index (χ2n) is 18.2. The Morgan fingerprint density at radius 2 is 1.89 bits per heavy atom. The van der Waals surface area contributed by atoms with E-state index in [0.29, 0.717) is 63.1 Å². The topological polar surface area (TPSA) is 189 Å². The van der Waals surface area contributed by atoms with Gasteiger partial charge in [-0.15, -0.1) is 0 Å². The molecule has 9 N–H and O–H groups in total. The van der Waals surface area contributed by atoms with Gasteiger partial charge in [0.05, 0.1) is 25.7 Å². The maximum atomic E-state index is 16.1. The first kappa shape index (κ1) is 43.2. The number of rotatable bonds is 10. The number of aromatic amines is 1. The number of aromatic nitrogens is 1. The number of likely N-dealkylation sites (N-methyl/N-ethyl adjacent to an activating group) is 1. The molecule has 1 saturated carbocycles. The first-order valence-corrected chi connectivity index (χ1v) is 22.8. The summed E-state index contributed by atoms with van der Waals surface area (Å²) in [5.74, 6) is -0.594. The summed E-state index contributed by atoms with van der Waals surface area (Å²) >= 11 is 0. The summed E-state index contributed by atoms with van der Waals surface area (Å²) < 4.78 is 11.5. The Balaban J connectivity index is 1.23. The Hall–Kier alpha value is -6.11. The highest BCUT2D eigenvalue weighted by Crippen LogP contribution is 2.58. The molecule has 0 radical (unpaired) electrons. The summed E-state index contributed by atoms with van der Waals surface area (Å²) in [5.41, 5.74) is 5.83. The van der Waals surface area contributed by atoms with Crippen LogP contribution in [-0.4, -0.2) is 76.3 Å². The number of aromatic hydroxyl groups is 4. The lowest BCUT2D eigenvalue weighted by molar-refractivity contribution is -0.134. The number of ketones is 1. The average Bonchev–Trinajstić information content (AvgIpc) is 3.97. The van der Waals surface area contributed by atoms with Gasteiger partial charge in [0.15, 0.2) is 23.0 Å². The van der Waals surface area contributed by atoms with E-state index in [1.807, 2.05) is 37.5 Å². The third-order valence-corrected chi connectivity index (χ3v) is 14.6. The van der Waals surface area contributed by atoms with Gasteiger partial charge in [-0.05, 0) is 164 Å². The number of fused-ring (bicyclic) bond motifs is 6. The molecular weight excluding hydrogens is 809 g/mol. The molecule has 336 valence electrons. The molecule has 1 fully saturated rings. The van der Waals surface area contributed by atoms with Crippen molar-refractivity contribution >= 4 is 22.2 Å². The van der Waals surface area contributed by atoms with E-state index in [1.54, 1.807) is 24.3 Å². The average molecular weight is 869 g/mol. The molecule has 12 heteroatoms. The number of allylic oxidation sites excluding steroid dienone is 2. The van der Waals surface area contributed by atoms with Crippen LogP contribution >= 0.6 is 0 Å². The molecule has 4 aliphatic rings. The quantitative estimate of drug-likeness (QED) is 0.0616. The number of aliphatic hydroxyl groups is 1. The predicted octanol–water partition coefficient (Wildman–Crippen LogP) is 8.20. The number of dihydropyridines is 1. The maximum absolute atomic E-state index is 16.1. The van der Waals surface area contributed by atoms with Crippen LogP contribution in [0, 0.1) is 17.3 Å². The van der Waals surface area contributed by atoms with Gasteiger partial charge in [-0.25, -0.2) is 0 Å². The van der Waals surface area contributed by atoms with Crippen LogP contribution in [0.15, 0.2) is 96.5 Å². The molecule has 64 heavy (non-hydrogen) atoms. The van der Waals surface area contributed by atoms with Crippen molar-refractivity contribution in [2.45, 2.75) is 82.1 Å². The van der Waals surface area contributed by atoms with Crippen LogP contribution in [0.25, 0.3) is 10.8 Å². The molecule has 1 aromatic heterocycles. The van der Waals surface area contributed by atoms with Crippen molar-refractivity contribution in [2.24, 2.45) is 17.3 Å². The summed E-state index contributed by atoms with van der Waals surface area (Å²) in [6, 6.07) is 20.4. The Morgan fingerprint density at radius 1 is 1.02 bits per heavy atom. The molecule has 6 atom stereocenters. The number of H-pyrrole nitrogens is 1. The number of phenols is 4. The lowest BCUT2D eigenvalue weighted by atomic mass is 9.57. The SMILES string of the molecule is CNC[C@@H]1C[C@H](c2cc(O)c(O)c(OC)c2)CC(=O)[C@H]([C@H](O)CCc2ccc(O)c3c2CCCO3)[C@]2(CCC[C@@H]2Cc2ccc[nH]2)C2=CCNC(=C2)Nc2ccc3cc(O)ccc3c21. The number of anilines is 1. The van der Waals surface area contributed by atoms with Crippen molar-refractivity contribution in [2.75, 3.05) is 39.2 Å². The number of phenolic OH excluding ortho intramolecular Hbond substituents is 4. The highest BCUT2D eigenvalue weighted by molar-refractivity contribution is 5.92. The van der Waals surface area contributed by atoms with Gasteiger partial charge in [0.25, 0.3) is 0 Å². The summed E-state index contributed by atoms with van der Waals surface area (Å²) in [5, 5.41) is 68.9. The lowest BCUT2D eigenvalue weighted by Crippen LogP contribution is -2.48. The fourth-order valence-corrected chi connectivity index (χ4v) is 11.8. The first-order valence-electron chi connectivity index (χ1n) is 22.8. The zero-order valence-corrected chi connectivity index (χ0v) is 36.6. The minimum Gasteiger partial charge on any atom is -0.508 e. The van der Waals surface area contributed by atoms with E-state index in [1.165, 1.54) is 13.2 Å². The van der Waals surface area contributed by atoms with Gasteiger partial charge in [0.2, 0.25) is 5.75 Å². The number of carbonyl (C=O) groups excluding carboxylic acids is 1. The van der Waals surface area contributed by atoms with Gasteiger partial charge >= 0.3 is 0 Å². The Labute approximate surface area is 374 Å². The molecule has 3 aliphatic heterocycles. The van der Waals surface area contributed by atoms with Crippen molar-refractivity contribution in [3.8, 4) is 34.5 Å². The van der Waals surface area contributed by atoms with Crippen LogP contribution in [0.4, 0.5) is 5.69 Å². The van der Waals surface area contributed by atoms with Crippen LogP contribution in [0.2, 0.25) is 0 Å². The summed E-state index contributed by atoms with van der Waals surface area (Å²) in [6.07, 6.45) is 11.3. The number of carbonyl (C=O) groups is 1. The van der Waals surface area contributed by atoms with E-state index >= 15 is 4.79 Å². The lowest BCUT2D eigenvalue weighted by Gasteiger charge is -2.46. The highest BCUT2D eigenvalue weighted by atomic mass is 16.5. The third-order valence-electron chi connectivity index (χ3n) is 14.6. The standard InChI is InChI=1S/C52H60N4O8/c1-53-29-34-22-32(33-25-45(61)50(62)46(26-33)63-2)24-44(60)49(42(58)15-10-30-11-16-43(59)51-40(30)8-5-21-64-51)52(18-3-6-35(52)27-37-7-4-19-54-37)36-17-20-55-47(28-36)56-41-14-9-31-23-38(57)12-13-39(31)48(34)41/h4,7,9,11-14,16-17,19,23,25-26,28,32,34-35,42,49,53-59,61-62H,3,5-6,8,10,15,18,20-22,24,27,29H2,1-2H3/t32-,34-,35+,42+,49-,52-/m0/s1. The number of aliphatic hydroxyl groups excluding tert-OH is 1. The van der Waals surface area contributed by atoms with Gasteiger partial charge in [-0.1, -0.05) is 30.7 Å². The number of aryl methyl sites for hydroxylation is 1. The van der Waals surface area contributed by atoms with E-state index < -0.39 is 23.4 Å². The molecule has 1 aliphatic carbocycles. The zero-order valence-electron chi connectivity index (χ0n) is 36.6. The van der Waals surface area contributed by atoms with Crippen molar-refractivity contribution in [1.82, 2.24) is 15.6 Å². The van der Waals surface area contributed by atoms with Gasteiger partial charge < -0.3 is 55.9 Å². The van der Waals surface area contributed by atoms with Gasteiger partial charge in [0.1, 0.15) is 17.4 Å². The molecule has 12 nitrogen and oxygen atoms in total. The van der Waals surface area contributed by atoms with E-state index in [0.717, 1.165) is 75.9 Å². The first-order chi connectivity index (χ1) is 31.1. The number of nitrogens with one attached hydrogen (secondary N) is 4. The van der Waals surface area contributed by atoms with Crippen LogP contribution in [-0.2, 0) is 24.1 Å². The van der Waals surface area contributed by atoms with Gasteiger partial charge in [-0.3, -0.25) is 4.79 Å². The molecule has 5 aromatic rings. The number of hydrogen-bond acceptors (Lipinski definition) is 11. The monoisotopic (exact) mass is 868 g/mol. The second-order valence-corrected chi connectivity index (χ2v) is 18.2. The van der Waals surface area contributed by atoms with Crippen LogP contribution in [0.3, 0.4) is 0 Å². The minimum absolute atomic E-state index is 0.00812. The zero-order chi connectivity index (χ0) is 44.5. The second kappa shape index (κ2) is 18.2. The van der Waals surface area contributed by atoms with Crippen LogP contribution in [0.5, 0.6) is 34.5 Å². The highest BCUT2D eigenvalue weighted by Gasteiger charge is 2.55. The minimum atomic E-state index is -1.04. The van der Waals surface area contributed by atoms with Crippen molar-refractivity contribution < 1.29 is 39.8 Å². The molecule has 4 aromatic carbocycles. The fourth-order valence-electron chi connectivity index (χ4n) is 11.8. The molecule has 4 heterocycles. The van der Waals surface area contributed by atoms with Crippen molar-refractivity contribution in [3.63, 3.8) is 0 Å². The van der Waals surface area contributed by atoms with Crippen LogP contribution < -0.4 is 25.4 Å². The molecule has 0 amide bonds. The predicted molar refractivity (Wildman–Crippen MR) is 247 cm³/mol. The molecule has 0 saturated heterocycles.